The van der Waals surface area contributed by atoms with Gasteiger partial charge in [0.15, 0.2) is 11.5 Å². The fourth-order valence-corrected chi connectivity index (χ4v) is 3.55. The van der Waals surface area contributed by atoms with Crippen molar-refractivity contribution < 1.29 is 14.3 Å². The van der Waals surface area contributed by atoms with Gasteiger partial charge in [-0.3, -0.25) is 9.69 Å². The van der Waals surface area contributed by atoms with Crippen molar-refractivity contribution in [2.75, 3.05) is 56.2 Å². The largest absolute Gasteiger partial charge is 0.490 e. The molecular formula is C22H28ClN3O3. The van der Waals surface area contributed by atoms with Crippen molar-refractivity contribution in [3.63, 3.8) is 0 Å². The third-order valence-corrected chi connectivity index (χ3v) is 4.98. The van der Waals surface area contributed by atoms with Gasteiger partial charge < -0.3 is 19.7 Å². The third kappa shape index (κ3) is 6.02. The fraction of sp³-hybridized carbons (Fsp3) is 0.409. The highest BCUT2D eigenvalue weighted by Gasteiger charge is 2.19. The summed E-state index contributed by atoms with van der Waals surface area (Å²) in [5.74, 6) is 1.29. The van der Waals surface area contributed by atoms with Crippen LogP contribution in [0.15, 0.2) is 42.5 Å². The molecule has 3 rings (SSSR count). The smallest absolute Gasteiger partial charge is 0.238 e. The van der Waals surface area contributed by atoms with E-state index >= 15 is 0 Å². The van der Waals surface area contributed by atoms with Gasteiger partial charge in [0.2, 0.25) is 5.91 Å². The Bertz CT molecular complexity index is 823. The van der Waals surface area contributed by atoms with Crippen LogP contribution in [0.2, 0.25) is 5.02 Å². The molecule has 0 spiro atoms. The Kier molecular flexibility index (Phi) is 7.61. The van der Waals surface area contributed by atoms with E-state index in [0.717, 1.165) is 36.9 Å². The molecule has 0 bridgehead atoms. The first-order chi connectivity index (χ1) is 14.1. The van der Waals surface area contributed by atoms with Gasteiger partial charge in [0, 0.05) is 48.6 Å². The summed E-state index contributed by atoms with van der Waals surface area (Å²) in [7, 11) is 0. The van der Waals surface area contributed by atoms with E-state index in [9.17, 15) is 4.79 Å². The van der Waals surface area contributed by atoms with Crippen LogP contribution in [0.3, 0.4) is 0 Å². The van der Waals surface area contributed by atoms with Gasteiger partial charge in [-0.25, -0.2) is 0 Å². The van der Waals surface area contributed by atoms with Crippen LogP contribution >= 0.6 is 11.6 Å². The number of halogens is 1. The van der Waals surface area contributed by atoms with E-state index in [1.54, 1.807) is 0 Å². The quantitative estimate of drug-likeness (QED) is 0.706. The lowest BCUT2D eigenvalue weighted by Crippen LogP contribution is -2.48. The third-order valence-electron chi connectivity index (χ3n) is 4.74. The number of rotatable bonds is 8. The summed E-state index contributed by atoms with van der Waals surface area (Å²) in [5, 5.41) is 3.70. The molecule has 0 atom stereocenters. The highest BCUT2D eigenvalue weighted by molar-refractivity contribution is 6.30. The van der Waals surface area contributed by atoms with Gasteiger partial charge in [-0.1, -0.05) is 17.7 Å². The first kappa shape index (κ1) is 21.3. The summed E-state index contributed by atoms with van der Waals surface area (Å²) in [6.45, 7) is 8.70. The maximum absolute atomic E-state index is 12.5. The molecule has 29 heavy (non-hydrogen) atoms. The molecule has 7 heteroatoms. The van der Waals surface area contributed by atoms with Gasteiger partial charge in [0.25, 0.3) is 0 Å². The first-order valence-electron chi connectivity index (χ1n) is 10.0. The number of nitrogens with one attached hydrogen (secondary N) is 1. The van der Waals surface area contributed by atoms with E-state index < -0.39 is 0 Å². The Balaban J connectivity index is 1.52. The van der Waals surface area contributed by atoms with Crippen LogP contribution in [0.25, 0.3) is 0 Å². The molecule has 0 radical (unpaired) electrons. The summed E-state index contributed by atoms with van der Waals surface area (Å²) in [6, 6.07) is 13.4. The van der Waals surface area contributed by atoms with E-state index in [0.29, 0.717) is 36.9 Å². The summed E-state index contributed by atoms with van der Waals surface area (Å²) in [4.78, 5) is 17.0. The Morgan fingerprint density at radius 1 is 1.00 bits per heavy atom. The number of amides is 1. The topological polar surface area (TPSA) is 54.0 Å². The molecule has 6 nitrogen and oxygen atoms in total. The second kappa shape index (κ2) is 10.4. The molecule has 1 aliphatic heterocycles. The van der Waals surface area contributed by atoms with Crippen LogP contribution in [0.1, 0.15) is 13.8 Å². The van der Waals surface area contributed by atoms with Crippen LogP contribution in [-0.2, 0) is 4.79 Å². The molecule has 1 heterocycles. The minimum atomic E-state index is -0.0344. The predicted molar refractivity (Wildman–Crippen MR) is 118 cm³/mol. The Hall–Kier alpha value is -2.44. The van der Waals surface area contributed by atoms with Crippen LogP contribution in [0.4, 0.5) is 11.4 Å². The minimum absolute atomic E-state index is 0.0344. The Labute approximate surface area is 177 Å². The van der Waals surface area contributed by atoms with Crippen molar-refractivity contribution in [3.05, 3.63) is 47.5 Å². The minimum Gasteiger partial charge on any atom is -0.490 e. The van der Waals surface area contributed by atoms with Crippen molar-refractivity contribution >= 4 is 28.9 Å². The molecule has 0 aliphatic carbocycles. The zero-order valence-electron chi connectivity index (χ0n) is 17.0. The van der Waals surface area contributed by atoms with Crippen LogP contribution in [0.5, 0.6) is 11.5 Å². The Morgan fingerprint density at radius 2 is 1.72 bits per heavy atom. The maximum Gasteiger partial charge on any atom is 0.238 e. The molecule has 1 amide bonds. The number of nitrogens with zero attached hydrogens (tertiary/aromatic N) is 2. The SMILES string of the molecule is CCOc1ccc(NC(=O)CN2CCN(c3cccc(Cl)c3)CC2)cc1OCC. The fourth-order valence-electron chi connectivity index (χ4n) is 3.37. The number of hydrogen-bond acceptors (Lipinski definition) is 5. The van der Waals surface area contributed by atoms with Crippen molar-refractivity contribution in [3.8, 4) is 11.5 Å². The number of carbonyl (C=O) groups is 1. The average Bonchev–Trinajstić information content (AvgIpc) is 2.71. The van der Waals surface area contributed by atoms with Gasteiger partial charge in [-0.05, 0) is 44.2 Å². The van der Waals surface area contributed by atoms with Crippen LogP contribution in [0, 0.1) is 0 Å². The molecular weight excluding hydrogens is 390 g/mol. The number of benzene rings is 2. The number of ether oxygens (including phenoxy) is 2. The maximum atomic E-state index is 12.5. The predicted octanol–water partition coefficient (Wildman–Crippen LogP) is 3.90. The van der Waals surface area contributed by atoms with Crippen molar-refractivity contribution in [1.29, 1.82) is 0 Å². The normalized spacial score (nSPS) is 14.5. The highest BCUT2D eigenvalue weighted by atomic mass is 35.5. The van der Waals surface area contributed by atoms with Crippen molar-refractivity contribution in [2.24, 2.45) is 0 Å². The van der Waals surface area contributed by atoms with Gasteiger partial charge >= 0.3 is 0 Å². The van der Waals surface area contributed by atoms with E-state index in [1.165, 1.54) is 0 Å². The van der Waals surface area contributed by atoms with Gasteiger partial charge in [0.05, 0.1) is 19.8 Å². The molecule has 0 unspecified atom stereocenters. The molecule has 1 fully saturated rings. The lowest BCUT2D eigenvalue weighted by molar-refractivity contribution is -0.117. The lowest BCUT2D eigenvalue weighted by atomic mass is 10.2. The summed E-state index contributed by atoms with van der Waals surface area (Å²) in [6.07, 6.45) is 0. The second-order valence-electron chi connectivity index (χ2n) is 6.82. The standard InChI is InChI=1S/C22H28ClN3O3/c1-3-28-20-9-8-18(15-21(20)29-4-2)24-22(27)16-25-10-12-26(13-11-25)19-7-5-6-17(23)14-19/h5-9,14-15H,3-4,10-13,16H2,1-2H3,(H,24,27). The van der Waals surface area contributed by atoms with E-state index in [4.69, 9.17) is 21.1 Å². The molecule has 0 saturated carbocycles. The van der Waals surface area contributed by atoms with Gasteiger partial charge in [-0.2, -0.15) is 0 Å². The molecule has 2 aromatic rings. The van der Waals surface area contributed by atoms with E-state index in [2.05, 4.69) is 21.2 Å². The zero-order chi connectivity index (χ0) is 20.6. The Morgan fingerprint density at radius 3 is 2.41 bits per heavy atom. The monoisotopic (exact) mass is 417 g/mol. The van der Waals surface area contributed by atoms with Crippen LogP contribution in [-0.4, -0.2) is 56.7 Å². The second-order valence-corrected chi connectivity index (χ2v) is 7.26. The molecule has 1 N–H and O–H groups in total. The number of carbonyl (C=O) groups excluding carboxylic acids is 1. The summed E-state index contributed by atoms with van der Waals surface area (Å²) >= 11 is 6.09. The van der Waals surface area contributed by atoms with Gasteiger partial charge in [0.1, 0.15) is 0 Å². The lowest BCUT2D eigenvalue weighted by Gasteiger charge is -2.35. The van der Waals surface area contributed by atoms with Crippen molar-refractivity contribution in [1.82, 2.24) is 4.90 Å². The van der Waals surface area contributed by atoms with Crippen molar-refractivity contribution in [2.45, 2.75) is 13.8 Å². The molecule has 1 saturated heterocycles. The zero-order valence-corrected chi connectivity index (χ0v) is 17.7. The van der Waals surface area contributed by atoms with Gasteiger partial charge in [-0.15, -0.1) is 0 Å². The van der Waals surface area contributed by atoms with Crippen LogP contribution < -0.4 is 19.7 Å². The number of hydrogen-bond donors (Lipinski definition) is 1. The average molecular weight is 418 g/mol. The molecule has 2 aromatic carbocycles. The van der Waals surface area contributed by atoms with E-state index in [-0.39, 0.29) is 5.91 Å². The first-order valence-corrected chi connectivity index (χ1v) is 10.4. The number of piperazine rings is 1. The molecule has 1 aliphatic rings. The highest BCUT2D eigenvalue weighted by Crippen LogP contribution is 2.30. The van der Waals surface area contributed by atoms with E-state index in [1.807, 2.05) is 50.2 Å². The molecule has 156 valence electrons. The molecule has 0 aromatic heterocycles. The summed E-state index contributed by atoms with van der Waals surface area (Å²) in [5.41, 5.74) is 1.83. The summed E-state index contributed by atoms with van der Waals surface area (Å²) < 4.78 is 11.2. The number of anilines is 2.